The highest BCUT2D eigenvalue weighted by Gasteiger charge is 2.24. The highest BCUT2D eigenvalue weighted by atomic mass is 79.9. The third-order valence-electron chi connectivity index (χ3n) is 2.90. The molecule has 1 aromatic carbocycles. The first-order chi connectivity index (χ1) is 8.97. The van der Waals surface area contributed by atoms with Crippen molar-refractivity contribution in [2.24, 2.45) is 0 Å². The van der Waals surface area contributed by atoms with Crippen molar-refractivity contribution in [3.8, 4) is 0 Å². The monoisotopic (exact) mass is 348 g/mol. The molecule has 0 amide bonds. The van der Waals surface area contributed by atoms with E-state index in [4.69, 9.17) is 0 Å². The van der Waals surface area contributed by atoms with E-state index in [1.165, 1.54) is 4.31 Å². The van der Waals surface area contributed by atoms with Crippen molar-refractivity contribution >= 4 is 26.0 Å². The van der Waals surface area contributed by atoms with E-state index in [1.54, 1.807) is 12.1 Å². The normalized spacial score (nSPS) is 12.1. The van der Waals surface area contributed by atoms with Crippen LogP contribution in [0.1, 0.15) is 26.3 Å². The molecule has 0 aliphatic heterocycles. The number of benzene rings is 1. The maximum atomic E-state index is 12.5. The van der Waals surface area contributed by atoms with Crippen molar-refractivity contribution in [1.29, 1.82) is 0 Å². The molecule has 0 spiro atoms. The van der Waals surface area contributed by atoms with Gasteiger partial charge in [0.05, 0.1) is 4.90 Å². The first-order valence-electron chi connectivity index (χ1n) is 6.46. The maximum absolute atomic E-state index is 12.5. The fourth-order valence-corrected chi connectivity index (χ4v) is 4.26. The van der Waals surface area contributed by atoms with Crippen molar-refractivity contribution in [1.82, 2.24) is 9.62 Å². The van der Waals surface area contributed by atoms with Gasteiger partial charge in [-0.05, 0) is 40.2 Å². The van der Waals surface area contributed by atoms with Crippen LogP contribution in [-0.2, 0) is 16.6 Å². The molecule has 19 heavy (non-hydrogen) atoms. The molecule has 1 rings (SSSR count). The molecule has 0 saturated heterocycles. The quantitative estimate of drug-likeness (QED) is 0.823. The smallest absolute Gasteiger partial charge is 0.244 e. The fourth-order valence-electron chi connectivity index (χ4n) is 1.83. The molecule has 0 radical (unpaired) electrons. The summed E-state index contributed by atoms with van der Waals surface area (Å²) in [6.45, 7) is 8.19. The molecule has 0 aliphatic carbocycles. The number of nitrogens with zero attached hydrogens (tertiary/aromatic N) is 1. The van der Waals surface area contributed by atoms with E-state index >= 15 is 0 Å². The van der Waals surface area contributed by atoms with Gasteiger partial charge < -0.3 is 5.32 Å². The van der Waals surface area contributed by atoms with E-state index in [0.717, 1.165) is 12.1 Å². The Labute approximate surface area is 124 Å². The number of nitrogens with one attached hydrogen (secondary N) is 1. The molecule has 0 atom stereocenters. The second-order valence-electron chi connectivity index (χ2n) is 4.13. The molecular weight excluding hydrogens is 328 g/mol. The maximum Gasteiger partial charge on any atom is 0.244 e. The molecule has 0 unspecified atom stereocenters. The van der Waals surface area contributed by atoms with Gasteiger partial charge in [-0.25, -0.2) is 8.42 Å². The van der Waals surface area contributed by atoms with E-state index in [1.807, 2.05) is 26.8 Å². The summed E-state index contributed by atoms with van der Waals surface area (Å²) in [5.41, 5.74) is 0.968. The summed E-state index contributed by atoms with van der Waals surface area (Å²) < 4.78 is 27.1. The summed E-state index contributed by atoms with van der Waals surface area (Å²) in [4.78, 5) is 0.339. The highest BCUT2D eigenvalue weighted by molar-refractivity contribution is 9.10. The first-order valence-corrected chi connectivity index (χ1v) is 8.69. The zero-order valence-electron chi connectivity index (χ0n) is 11.6. The lowest BCUT2D eigenvalue weighted by Gasteiger charge is -2.19. The van der Waals surface area contributed by atoms with E-state index in [2.05, 4.69) is 21.2 Å². The average Bonchev–Trinajstić information content (AvgIpc) is 2.38. The number of halogens is 1. The highest BCUT2D eigenvalue weighted by Crippen LogP contribution is 2.26. The van der Waals surface area contributed by atoms with Gasteiger partial charge in [0.25, 0.3) is 0 Å². The second kappa shape index (κ2) is 7.38. The van der Waals surface area contributed by atoms with Gasteiger partial charge in [0, 0.05) is 24.1 Å². The Morgan fingerprint density at radius 1 is 1.21 bits per heavy atom. The lowest BCUT2D eigenvalue weighted by Crippen LogP contribution is -2.31. The molecule has 0 aromatic heterocycles. The van der Waals surface area contributed by atoms with Gasteiger partial charge in [-0.1, -0.05) is 26.8 Å². The molecule has 6 heteroatoms. The van der Waals surface area contributed by atoms with Crippen LogP contribution in [0.2, 0.25) is 0 Å². The summed E-state index contributed by atoms with van der Waals surface area (Å²) in [6.07, 6.45) is 0. The molecule has 0 saturated carbocycles. The van der Waals surface area contributed by atoms with E-state index in [9.17, 15) is 8.42 Å². The van der Waals surface area contributed by atoms with Crippen molar-refractivity contribution < 1.29 is 8.42 Å². The minimum absolute atomic E-state index is 0.339. The van der Waals surface area contributed by atoms with Gasteiger partial charge in [-0.3, -0.25) is 0 Å². The van der Waals surface area contributed by atoms with Crippen LogP contribution in [0.3, 0.4) is 0 Å². The zero-order chi connectivity index (χ0) is 14.5. The van der Waals surface area contributed by atoms with E-state index < -0.39 is 10.0 Å². The lowest BCUT2D eigenvalue weighted by molar-refractivity contribution is 0.445. The average molecular weight is 349 g/mol. The van der Waals surface area contributed by atoms with Gasteiger partial charge >= 0.3 is 0 Å². The van der Waals surface area contributed by atoms with Crippen LogP contribution >= 0.6 is 15.9 Å². The summed E-state index contributed by atoms with van der Waals surface area (Å²) in [7, 11) is -3.42. The molecule has 1 aromatic rings. The van der Waals surface area contributed by atoms with Gasteiger partial charge in [0.2, 0.25) is 10.0 Å². The first kappa shape index (κ1) is 16.6. The second-order valence-corrected chi connectivity index (χ2v) is 6.90. The summed E-state index contributed by atoms with van der Waals surface area (Å²) in [5.74, 6) is 0. The molecule has 4 nitrogen and oxygen atoms in total. The number of rotatable bonds is 7. The van der Waals surface area contributed by atoms with E-state index in [-0.39, 0.29) is 0 Å². The van der Waals surface area contributed by atoms with Gasteiger partial charge in [0.1, 0.15) is 0 Å². The molecule has 0 heterocycles. The Morgan fingerprint density at radius 2 is 1.84 bits per heavy atom. The topological polar surface area (TPSA) is 49.4 Å². The van der Waals surface area contributed by atoms with Gasteiger partial charge in [-0.15, -0.1) is 0 Å². The van der Waals surface area contributed by atoms with Crippen LogP contribution < -0.4 is 5.32 Å². The third-order valence-corrected chi connectivity index (χ3v) is 5.94. The lowest BCUT2D eigenvalue weighted by atomic mass is 10.2. The number of sulfonamides is 1. The van der Waals surface area contributed by atoms with Crippen LogP contribution in [0.5, 0.6) is 0 Å². The molecule has 0 fully saturated rings. The molecule has 1 N–H and O–H groups in total. The van der Waals surface area contributed by atoms with Crippen LogP contribution in [0.25, 0.3) is 0 Å². The van der Waals surface area contributed by atoms with Crippen molar-refractivity contribution in [3.05, 3.63) is 28.2 Å². The fraction of sp³-hybridized carbons (Fsp3) is 0.538. The molecular formula is C13H21BrN2O2S. The van der Waals surface area contributed by atoms with Gasteiger partial charge in [-0.2, -0.15) is 4.31 Å². The summed E-state index contributed by atoms with van der Waals surface area (Å²) >= 11 is 3.33. The minimum Gasteiger partial charge on any atom is -0.313 e. The Balaban J connectivity index is 3.17. The van der Waals surface area contributed by atoms with E-state index in [0.29, 0.717) is 29.0 Å². The molecule has 0 bridgehead atoms. The third kappa shape index (κ3) is 4.02. The number of hydrogen-bond acceptors (Lipinski definition) is 3. The Morgan fingerprint density at radius 3 is 2.37 bits per heavy atom. The minimum atomic E-state index is -3.42. The Kier molecular flexibility index (Phi) is 6.46. The largest absolute Gasteiger partial charge is 0.313 e. The molecule has 108 valence electrons. The van der Waals surface area contributed by atoms with Gasteiger partial charge in [0.15, 0.2) is 0 Å². The predicted molar refractivity (Wildman–Crippen MR) is 81.6 cm³/mol. The summed E-state index contributed by atoms with van der Waals surface area (Å²) in [5, 5.41) is 3.20. The molecule has 0 aliphatic rings. The Hall–Kier alpha value is -0.430. The summed E-state index contributed by atoms with van der Waals surface area (Å²) in [6, 6.07) is 5.46. The van der Waals surface area contributed by atoms with Crippen molar-refractivity contribution in [2.75, 3.05) is 19.6 Å². The number of hydrogen-bond donors (Lipinski definition) is 1. The van der Waals surface area contributed by atoms with Crippen LogP contribution in [0.15, 0.2) is 27.6 Å². The standard InChI is InChI=1S/C13H21BrN2O2S/c1-4-15-10-11-7-8-12(14)13(9-11)19(17,18)16(5-2)6-3/h7-9,15H,4-6,10H2,1-3H3. The Bertz CT molecular complexity index is 513. The van der Waals surface area contributed by atoms with Crippen LogP contribution in [0, 0.1) is 0 Å². The SMILES string of the molecule is CCNCc1ccc(Br)c(S(=O)(=O)N(CC)CC)c1. The van der Waals surface area contributed by atoms with Crippen LogP contribution in [0.4, 0.5) is 0 Å². The van der Waals surface area contributed by atoms with Crippen molar-refractivity contribution in [3.63, 3.8) is 0 Å². The van der Waals surface area contributed by atoms with Crippen molar-refractivity contribution in [2.45, 2.75) is 32.2 Å². The predicted octanol–water partition coefficient (Wildman–Crippen LogP) is 2.59. The van der Waals surface area contributed by atoms with Crippen LogP contribution in [-0.4, -0.2) is 32.4 Å². The zero-order valence-corrected chi connectivity index (χ0v) is 14.0.